The molecule has 2 N–H and O–H groups in total. The van der Waals surface area contributed by atoms with Gasteiger partial charge in [-0.15, -0.1) is 0 Å². The first kappa shape index (κ1) is 16.1. The molecular weight excluding hydrogens is 286 g/mol. The van der Waals surface area contributed by atoms with Crippen molar-refractivity contribution in [2.24, 2.45) is 0 Å². The maximum atomic E-state index is 11.1. The lowest BCUT2D eigenvalue weighted by Gasteiger charge is -2.34. The van der Waals surface area contributed by atoms with Crippen LogP contribution >= 0.6 is 11.6 Å². The van der Waals surface area contributed by atoms with Gasteiger partial charge in [0.2, 0.25) is 5.91 Å². The standard InChI is InChI=1S/C16H24ClN3O/c1-3-18-11-13-4-5-16(15(17)10-13)20-8-6-14(7-9-20)19-12(2)21/h4-5,10,14,18H,3,6-9,11H2,1-2H3,(H,19,21). The van der Waals surface area contributed by atoms with Crippen LogP contribution in [0.4, 0.5) is 5.69 Å². The molecule has 1 aromatic rings. The zero-order chi connectivity index (χ0) is 15.2. The van der Waals surface area contributed by atoms with Crippen LogP contribution in [0, 0.1) is 0 Å². The average molecular weight is 310 g/mol. The number of rotatable bonds is 5. The molecule has 1 saturated heterocycles. The third kappa shape index (κ3) is 4.61. The molecule has 1 aromatic carbocycles. The summed E-state index contributed by atoms with van der Waals surface area (Å²) in [6.45, 7) is 7.33. The fraction of sp³-hybridized carbons (Fsp3) is 0.562. The molecule has 0 aliphatic carbocycles. The number of anilines is 1. The van der Waals surface area contributed by atoms with Gasteiger partial charge in [0, 0.05) is 32.6 Å². The molecule has 4 nitrogen and oxygen atoms in total. The second-order valence-electron chi connectivity index (χ2n) is 5.53. The van der Waals surface area contributed by atoms with Crippen LogP contribution in [0.25, 0.3) is 0 Å². The van der Waals surface area contributed by atoms with Crippen LogP contribution < -0.4 is 15.5 Å². The van der Waals surface area contributed by atoms with Crippen LogP contribution in [-0.4, -0.2) is 31.6 Å². The summed E-state index contributed by atoms with van der Waals surface area (Å²) in [6, 6.07) is 6.57. The molecule has 5 heteroatoms. The molecule has 1 aliphatic rings. The van der Waals surface area contributed by atoms with E-state index in [1.54, 1.807) is 6.92 Å². The van der Waals surface area contributed by atoms with Crippen LogP contribution in [0.2, 0.25) is 5.02 Å². The Balaban J connectivity index is 1.95. The van der Waals surface area contributed by atoms with Crippen molar-refractivity contribution in [1.29, 1.82) is 0 Å². The number of hydrogen-bond acceptors (Lipinski definition) is 3. The van der Waals surface area contributed by atoms with E-state index in [9.17, 15) is 4.79 Å². The van der Waals surface area contributed by atoms with E-state index in [1.807, 2.05) is 6.07 Å². The van der Waals surface area contributed by atoms with Gasteiger partial charge in [0.15, 0.2) is 0 Å². The van der Waals surface area contributed by atoms with Crippen LogP contribution in [0.3, 0.4) is 0 Å². The quantitative estimate of drug-likeness (QED) is 0.878. The summed E-state index contributed by atoms with van der Waals surface area (Å²) >= 11 is 6.42. The molecular formula is C16H24ClN3O. The van der Waals surface area contributed by atoms with Crippen molar-refractivity contribution in [3.05, 3.63) is 28.8 Å². The van der Waals surface area contributed by atoms with Gasteiger partial charge >= 0.3 is 0 Å². The molecule has 0 saturated carbocycles. The van der Waals surface area contributed by atoms with E-state index >= 15 is 0 Å². The molecule has 1 aliphatic heterocycles. The topological polar surface area (TPSA) is 44.4 Å². The van der Waals surface area contributed by atoms with Crippen molar-refractivity contribution in [3.8, 4) is 0 Å². The first-order valence-electron chi connectivity index (χ1n) is 7.61. The Morgan fingerprint density at radius 3 is 2.67 bits per heavy atom. The lowest BCUT2D eigenvalue weighted by Crippen LogP contribution is -2.44. The van der Waals surface area contributed by atoms with E-state index in [0.717, 1.165) is 49.7 Å². The Morgan fingerprint density at radius 2 is 2.10 bits per heavy atom. The van der Waals surface area contributed by atoms with Crippen molar-refractivity contribution in [1.82, 2.24) is 10.6 Å². The Bertz CT molecular complexity index is 484. The highest BCUT2D eigenvalue weighted by molar-refractivity contribution is 6.33. The fourth-order valence-electron chi connectivity index (χ4n) is 2.74. The molecule has 0 bridgehead atoms. The SMILES string of the molecule is CCNCc1ccc(N2CCC(NC(C)=O)CC2)c(Cl)c1. The molecule has 2 rings (SSSR count). The summed E-state index contributed by atoms with van der Waals surface area (Å²) in [5.41, 5.74) is 2.30. The van der Waals surface area contributed by atoms with Crippen LogP contribution in [0.15, 0.2) is 18.2 Å². The minimum atomic E-state index is 0.0549. The molecule has 0 unspecified atom stereocenters. The van der Waals surface area contributed by atoms with Crippen LogP contribution in [0.1, 0.15) is 32.3 Å². The molecule has 116 valence electrons. The van der Waals surface area contributed by atoms with Crippen LogP contribution in [-0.2, 0) is 11.3 Å². The highest BCUT2D eigenvalue weighted by Crippen LogP contribution is 2.29. The number of hydrogen-bond donors (Lipinski definition) is 2. The summed E-state index contributed by atoms with van der Waals surface area (Å²) < 4.78 is 0. The number of carbonyl (C=O) groups is 1. The van der Waals surface area contributed by atoms with E-state index in [1.165, 1.54) is 5.56 Å². The smallest absolute Gasteiger partial charge is 0.217 e. The number of piperidine rings is 1. The Labute approximate surface area is 131 Å². The minimum absolute atomic E-state index is 0.0549. The molecule has 0 atom stereocenters. The second-order valence-corrected chi connectivity index (χ2v) is 5.94. The van der Waals surface area contributed by atoms with Gasteiger partial charge in [0.25, 0.3) is 0 Å². The van der Waals surface area contributed by atoms with Crippen molar-refractivity contribution < 1.29 is 4.79 Å². The average Bonchev–Trinajstić information content (AvgIpc) is 2.46. The fourth-order valence-corrected chi connectivity index (χ4v) is 3.06. The highest BCUT2D eigenvalue weighted by atomic mass is 35.5. The van der Waals surface area contributed by atoms with E-state index in [2.05, 4.69) is 34.6 Å². The minimum Gasteiger partial charge on any atom is -0.370 e. The number of amides is 1. The number of nitrogens with one attached hydrogen (secondary N) is 2. The summed E-state index contributed by atoms with van der Waals surface area (Å²) in [7, 11) is 0. The maximum absolute atomic E-state index is 11.1. The van der Waals surface area contributed by atoms with E-state index in [-0.39, 0.29) is 5.91 Å². The predicted molar refractivity (Wildman–Crippen MR) is 87.9 cm³/mol. The van der Waals surface area contributed by atoms with E-state index in [4.69, 9.17) is 11.6 Å². The Morgan fingerprint density at radius 1 is 1.38 bits per heavy atom. The van der Waals surface area contributed by atoms with Crippen LogP contribution in [0.5, 0.6) is 0 Å². The first-order valence-corrected chi connectivity index (χ1v) is 7.99. The van der Waals surface area contributed by atoms with E-state index < -0.39 is 0 Å². The van der Waals surface area contributed by atoms with E-state index in [0.29, 0.717) is 6.04 Å². The van der Waals surface area contributed by atoms with Gasteiger partial charge in [-0.1, -0.05) is 24.6 Å². The van der Waals surface area contributed by atoms with Gasteiger partial charge in [0.05, 0.1) is 10.7 Å². The molecule has 0 aromatic heterocycles. The van der Waals surface area contributed by atoms with Crippen molar-refractivity contribution in [2.45, 2.75) is 39.3 Å². The third-order valence-corrected chi connectivity index (χ3v) is 4.14. The lowest BCUT2D eigenvalue weighted by atomic mass is 10.0. The molecule has 1 amide bonds. The van der Waals surface area contributed by atoms with Gasteiger partial charge in [-0.2, -0.15) is 0 Å². The second kappa shape index (κ2) is 7.66. The Hall–Kier alpha value is -1.26. The van der Waals surface area contributed by atoms with Gasteiger partial charge < -0.3 is 15.5 Å². The normalized spacial score (nSPS) is 16.0. The summed E-state index contributed by atoms with van der Waals surface area (Å²) in [4.78, 5) is 13.4. The third-order valence-electron chi connectivity index (χ3n) is 3.83. The molecule has 21 heavy (non-hydrogen) atoms. The predicted octanol–water partition coefficient (Wildman–Crippen LogP) is 2.55. The van der Waals surface area contributed by atoms with Gasteiger partial charge in [0.1, 0.15) is 0 Å². The van der Waals surface area contributed by atoms with Gasteiger partial charge in [-0.25, -0.2) is 0 Å². The van der Waals surface area contributed by atoms with Crippen molar-refractivity contribution >= 4 is 23.2 Å². The lowest BCUT2D eigenvalue weighted by molar-refractivity contribution is -0.119. The maximum Gasteiger partial charge on any atom is 0.217 e. The summed E-state index contributed by atoms with van der Waals surface area (Å²) in [5.74, 6) is 0.0549. The van der Waals surface area contributed by atoms with Crippen molar-refractivity contribution in [2.75, 3.05) is 24.5 Å². The number of halogens is 1. The zero-order valence-corrected chi connectivity index (χ0v) is 13.5. The summed E-state index contributed by atoms with van der Waals surface area (Å²) in [6.07, 6.45) is 1.93. The molecule has 1 fully saturated rings. The monoisotopic (exact) mass is 309 g/mol. The van der Waals surface area contributed by atoms with Crippen molar-refractivity contribution in [3.63, 3.8) is 0 Å². The first-order chi connectivity index (χ1) is 10.1. The largest absolute Gasteiger partial charge is 0.370 e. The Kier molecular flexibility index (Phi) is 5.88. The number of benzene rings is 1. The molecule has 0 spiro atoms. The molecule has 1 heterocycles. The summed E-state index contributed by atoms with van der Waals surface area (Å²) in [5, 5.41) is 7.10. The molecule has 0 radical (unpaired) electrons. The van der Waals surface area contributed by atoms with Gasteiger partial charge in [-0.3, -0.25) is 4.79 Å². The van der Waals surface area contributed by atoms with Gasteiger partial charge in [-0.05, 0) is 37.1 Å². The number of carbonyl (C=O) groups excluding carboxylic acids is 1. The number of nitrogens with zero attached hydrogens (tertiary/aromatic N) is 1. The zero-order valence-electron chi connectivity index (χ0n) is 12.8. The highest BCUT2D eigenvalue weighted by Gasteiger charge is 2.21.